The molecule has 136 valence electrons. The number of imidazole rings is 1. The number of benzene rings is 1. The van der Waals surface area contributed by atoms with Crippen molar-refractivity contribution in [3.8, 4) is 0 Å². The fraction of sp³-hybridized carbons (Fsp3) is 0.263. The van der Waals surface area contributed by atoms with E-state index in [1.165, 1.54) is 5.56 Å². The Labute approximate surface area is 176 Å². The second-order valence-electron chi connectivity index (χ2n) is 6.16. The SMILES string of the molecule is CC(C)c1nc(CBr)n(Cc2ccncc2)c1Sc1cc(Cl)cc(Cl)c1. The highest BCUT2D eigenvalue weighted by molar-refractivity contribution is 9.08. The normalized spacial score (nSPS) is 11.3. The second kappa shape index (κ2) is 8.79. The molecule has 26 heavy (non-hydrogen) atoms. The Morgan fingerprint density at radius 3 is 2.35 bits per heavy atom. The predicted molar refractivity (Wildman–Crippen MR) is 113 cm³/mol. The topological polar surface area (TPSA) is 30.7 Å². The summed E-state index contributed by atoms with van der Waals surface area (Å²) in [6, 6.07) is 9.66. The van der Waals surface area contributed by atoms with Crippen LogP contribution in [0.15, 0.2) is 52.6 Å². The summed E-state index contributed by atoms with van der Waals surface area (Å²) in [4.78, 5) is 9.98. The largest absolute Gasteiger partial charge is 0.317 e. The highest BCUT2D eigenvalue weighted by Crippen LogP contribution is 2.37. The first-order valence-electron chi connectivity index (χ1n) is 8.16. The first kappa shape index (κ1) is 19.7. The minimum atomic E-state index is 0.309. The fourth-order valence-electron chi connectivity index (χ4n) is 2.62. The average molecular weight is 471 g/mol. The molecule has 0 fully saturated rings. The summed E-state index contributed by atoms with van der Waals surface area (Å²) in [6.07, 6.45) is 3.62. The summed E-state index contributed by atoms with van der Waals surface area (Å²) >= 11 is 17.6. The van der Waals surface area contributed by atoms with Gasteiger partial charge in [0.25, 0.3) is 0 Å². The maximum Gasteiger partial charge on any atom is 0.120 e. The standard InChI is InChI=1S/C19H18BrCl2N3S/c1-12(2)18-19(26-16-8-14(21)7-15(22)9-16)25(17(10-20)24-18)11-13-3-5-23-6-4-13/h3-9,12H,10-11H2,1-2H3. The van der Waals surface area contributed by atoms with Gasteiger partial charge in [0.15, 0.2) is 0 Å². The van der Waals surface area contributed by atoms with Gasteiger partial charge in [0.1, 0.15) is 10.9 Å². The van der Waals surface area contributed by atoms with E-state index in [0.717, 1.165) is 28.0 Å². The molecule has 0 radical (unpaired) electrons. The predicted octanol–water partition coefficient (Wildman–Crippen LogP) is 6.80. The third-order valence-corrected chi connectivity index (χ3v) is 5.86. The summed E-state index contributed by atoms with van der Waals surface area (Å²) in [5.74, 6) is 1.31. The third kappa shape index (κ3) is 4.63. The third-order valence-electron chi connectivity index (χ3n) is 3.83. The molecule has 0 saturated carbocycles. The summed E-state index contributed by atoms with van der Waals surface area (Å²) in [5, 5.41) is 3.07. The van der Waals surface area contributed by atoms with Crippen molar-refractivity contribution in [3.05, 3.63) is 69.9 Å². The quantitative estimate of drug-likeness (QED) is 0.371. The summed E-state index contributed by atoms with van der Waals surface area (Å²) in [7, 11) is 0. The first-order valence-corrected chi connectivity index (χ1v) is 10.9. The van der Waals surface area contributed by atoms with Crippen LogP contribution in [0.2, 0.25) is 10.0 Å². The Morgan fingerprint density at radius 1 is 1.12 bits per heavy atom. The van der Waals surface area contributed by atoms with Crippen molar-refractivity contribution in [3.63, 3.8) is 0 Å². The molecule has 0 saturated heterocycles. The van der Waals surface area contributed by atoms with Crippen LogP contribution >= 0.6 is 50.9 Å². The summed E-state index contributed by atoms with van der Waals surface area (Å²) in [5.41, 5.74) is 2.26. The van der Waals surface area contributed by atoms with E-state index in [2.05, 4.69) is 39.3 Å². The molecule has 2 aromatic heterocycles. The van der Waals surface area contributed by atoms with Crippen LogP contribution in [0, 0.1) is 0 Å². The maximum atomic E-state index is 6.19. The molecular formula is C19H18BrCl2N3S. The van der Waals surface area contributed by atoms with E-state index < -0.39 is 0 Å². The minimum Gasteiger partial charge on any atom is -0.317 e. The molecule has 3 rings (SSSR count). The molecule has 3 aromatic rings. The average Bonchev–Trinajstić information content (AvgIpc) is 2.93. The number of pyridine rings is 1. The molecule has 0 unspecified atom stereocenters. The van der Waals surface area contributed by atoms with Gasteiger partial charge in [0.05, 0.1) is 11.0 Å². The van der Waals surface area contributed by atoms with Gasteiger partial charge in [-0.3, -0.25) is 4.98 Å². The lowest BCUT2D eigenvalue weighted by Crippen LogP contribution is -2.05. The van der Waals surface area contributed by atoms with Crippen LogP contribution in [-0.2, 0) is 11.9 Å². The van der Waals surface area contributed by atoms with E-state index in [0.29, 0.717) is 21.3 Å². The number of aromatic nitrogens is 3. The fourth-order valence-corrected chi connectivity index (χ4v) is 4.97. The lowest BCUT2D eigenvalue weighted by molar-refractivity contribution is 0.687. The lowest BCUT2D eigenvalue weighted by Gasteiger charge is -2.13. The highest BCUT2D eigenvalue weighted by atomic mass is 79.9. The molecule has 0 aliphatic heterocycles. The Bertz CT molecular complexity index is 877. The van der Waals surface area contributed by atoms with Crippen molar-refractivity contribution in [2.75, 3.05) is 0 Å². The first-order chi connectivity index (χ1) is 12.5. The number of hydrogen-bond acceptors (Lipinski definition) is 3. The number of rotatable bonds is 6. The molecule has 2 heterocycles. The Kier molecular flexibility index (Phi) is 6.67. The zero-order valence-corrected chi connectivity index (χ0v) is 18.3. The van der Waals surface area contributed by atoms with E-state index >= 15 is 0 Å². The van der Waals surface area contributed by atoms with Gasteiger partial charge in [-0.2, -0.15) is 0 Å². The van der Waals surface area contributed by atoms with Crippen molar-refractivity contribution in [2.24, 2.45) is 0 Å². The minimum absolute atomic E-state index is 0.309. The van der Waals surface area contributed by atoms with Gasteiger partial charge in [-0.25, -0.2) is 4.98 Å². The van der Waals surface area contributed by atoms with Crippen LogP contribution < -0.4 is 0 Å². The molecule has 0 aliphatic rings. The zero-order chi connectivity index (χ0) is 18.7. The molecule has 0 bridgehead atoms. The molecule has 0 N–H and O–H groups in total. The summed E-state index contributed by atoms with van der Waals surface area (Å²) in [6.45, 7) is 5.05. The van der Waals surface area contributed by atoms with E-state index in [1.54, 1.807) is 17.8 Å². The molecule has 3 nitrogen and oxygen atoms in total. The zero-order valence-electron chi connectivity index (χ0n) is 14.4. The van der Waals surface area contributed by atoms with Crippen LogP contribution in [0.4, 0.5) is 0 Å². The van der Waals surface area contributed by atoms with Gasteiger partial charge in [0, 0.05) is 33.9 Å². The number of hydrogen-bond donors (Lipinski definition) is 0. The van der Waals surface area contributed by atoms with E-state index in [9.17, 15) is 0 Å². The van der Waals surface area contributed by atoms with Crippen LogP contribution in [0.25, 0.3) is 0 Å². The van der Waals surface area contributed by atoms with E-state index in [1.807, 2.05) is 36.7 Å². The van der Waals surface area contributed by atoms with Crippen molar-refractivity contribution in [1.82, 2.24) is 14.5 Å². The highest BCUT2D eigenvalue weighted by Gasteiger charge is 2.20. The van der Waals surface area contributed by atoms with Crippen LogP contribution in [0.5, 0.6) is 0 Å². The van der Waals surface area contributed by atoms with E-state index in [4.69, 9.17) is 28.2 Å². The monoisotopic (exact) mass is 469 g/mol. The van der Waals surface area contributed by atoms with Gasteiger partial charge in [-0.1, -0.05) is 64.7 Å². The molecule has 0 atom stereocenters. The van der Waals surface area contributed by atoms with Gasteiger partial charge in [-0.05, 0) is 41.8 Å². The van der Waals surface area contributed by atoms with Gasteiger partial charge >= 0.3 is 0 Å². The van der Waals surface area contributed by atoms with Gasteiger partial charge in [0.2, 0.25) is 0 Å². The van der Waals surface area contributed by atoms with Gasteiger partial charge < -0.3 is 4.57 Å². The van der Waals surface area contributed by atoms with Crippen molar-refractivity contribution >= 4 is 50.9 Å². The smallest absolute Gasteiger partial charge is 0.120 e. The van der Waals surface area contributed by atoms with Crippen LogP contribution in [0.3, 0.4) is 0 Å². The molecule has 0 amide bonds. The number of nitrogens with zero attached hydrogens (tertiary/aromatic N) is 3. The van der Waals surface area contributed by atoms with Crippen molar-refractivity contribution in [1.29, 1.82) is 0 Å². The van der Waals surface area contributed by atoms with Gasteiger partial charge in [-0.15, -0.1) is 0 Å². The van der Waals surface area contributed by atoms with Crippen LogP contribution in [-0.4, -0.2) is 14.5 Å². The molecule has 0 spiro atoms. The summed E-state index contributed by atoms with van der Waals surface area (Å²) < 4.78 is 2.25. The molecule has 1 aromatic carbocycles. The van der Waals surface area contributed by atoms with Crippen LogP contribution in [0.1, 0.15) is 36.8 Å². The Hall–Kier alpha value is -1.01. The van der Waals surface area contributed by atoms with E-state index in [-0.39, 0.29) is 0 Å². The Balaban J connectivity index is 2.07. The second-order valence-corrected chi connectivity index (χ2v) is 8.65. The lowest BCUT2D eigenvalue weighted by atomic mass is 10.1. The maximum absolute atomic E-state index is 6.19. The van der Waals surface area contributed by atoms with Crippen molar-refractivity contribution < 1.29 is 0 Å². The number of alkyl halides is 1. The number of halogens is 3. The molecule has 0 aliphatic carbocycles. The van der Waals surface area contributed by atoms with Crippen molar-refractivity contribution in [2.45, 2.75) is 41.6 Å². The molecular weight excluding hydrogens is 453 g/mol. The molecule has 7 heteroatoms. The Morgan fingerprint density at radius 2 is 1.77 bits per heavy atom.